The Morgan fingerprint density at radius 3 is 2.47 bits per heavy atom. The molecule has 0 saturated carbocycles. The fourth-order valence-electron chi connectivity index (χ4n) is 1.35. The molecule has 0 fully saturated rings. The lowest BCUT2D eigenvalue weighted by Crippen LogP contribution is -2.50. The first-order valence-electron chi connectivity index (χ1n) is 5.66. The second-order valence-corrected chi connectivity index (χ2v) is 4.56. The molecule has 100 valence electrons. The van der Waals surface area contributed by atoms with Gasteiger partial charge in [0.15, 0.2) is 0 Å². The standard InChI is InChI=1S/C11H22N2O4/c1-5-17-8(2)7-12-10(16)13-11(3,4)6-9(14)15/h8H,5-7H2,1-4H3,(H,14,15)(H2,12,13,16). The fraction of sp³-hybridized carbons (Fsp3) is 0.818. The van der Waals surface area contributed by atoms with Crippen molar-refractivity contribution in [2.75, 3.05) is 13.2 Å². The smallest absolute Gasteiger partial charge is 0.315 e. The number of hydrogen-bond acceptors (Lipinski definition) is 3. The van der Waals surface area contributed by atoms with Gasteiger partial charge in [-0.05, 0) is 27.7 Å². The third kappa shape index (κ3) is 8.50. The number of aliphatic carboxylic acids is 1. The second-order valence-electron chi connectivity index (χ2n) is 4.56. The molecular weight excluding hydrogens is 224 g/mol. The number of carbonyl (C=O) groups excluding carboxylic acids is 1. The van der Waals surface area contributed by atoms with Crippen molar-refractivity contribution in [2.45, 2.75) is 45.8 Å². The van der Waals surface area contributed by atoms with Gasteiger partial charge in [0.05, 0.1) is 12.5 Å². The largest absolute Gasteiger partial charge is 0.481 e. The Labute approximate surface area is 102 Å². The summed E-state index contributed by atoms with van der Waals surface area (Å²) >= 11 is 0. The molecule has 1 atom stereocenters. The summed E-state index contributed by atoms with van der Waals surface area (Å²) in [6.45, 7) is 8.04. The van der Waals surface area contributed by atoms with Gasteiger partial charge >= 0.3 is 12.0 Å². The molecule has 0 saturated heterocycles. The molecule has 0 aromatic carbocycles. The number of hydrogen-bond donors (Lipinski definition) is 3. The quantitative estimate of drug-likeness (QED) is 0.624. The zero-order valence-corrected chi connectivity index (χ0v) is 10.9. The van der Waals surface area contributed by atoms with Crippen LogP contribution in [0.5, 0.6) is 0 Å². The Balaban J connectivity index is 3.96. The van der Waals surface area contributed by atoms with Crippen molar-refractivity contribution in [3.8, 4) is 0 Å². The van der Waals surface area contributed by atoms with Gasteiger partial charge in [-0.2, -0.15) is 0 Å². The third-order valence-electron chi connectivity index (χ3n) is 2.05. The van der Waals surface area contributed by atoms with Gasteiger partial charge in [-0.1, -0.05) is 0 Å². The van der Waals surface area contributed by atoms with E-state index in [1.54, 1.807) is 13.8 Å². The Hall–Kier alpha value is -1.30. The highest BCUT2D eigenvalue weighted by Gasteiger charge is 2.23. The molecule has 0 radical (unpaired) electrons. The second kappa shape index (κ2) is 7.11. The number of carboxylic acid groups (broad SMARTS) is 1. The van der Waals surface area contributed by atoms with Crippen molar-refractivity contribution in [2.24, 2.45) is 0 Å². The molecule has 2 amide bonds. The van der Waals surface area contributed by atoms with E-state index < -0.39 is 11.5 Å². The Morgan fingerprint density at radius 1 is 1.41 bits per heavy atom. The molecule has 0 rings (SSSR count). The first-order valence-corrected chi connectivity index (χ1v) is 5.66. The van der Waals surface area contributed by atoms with Gasteiger partial charge in [-0.15, -0.1) is 0 Å². The van der Waals surface area contributed by atoms with Crippen LogP contribution in [0, 0.1) is 0 Å². The van der Waals surface area contributed by atoms with Gasteiger partial charge < -0.3 is 20.5 Å². The summed E-state index contributed by atoms with van der Waals surface area (Å²) in [5, 5.41) is 13.9. The van der Waals surface area contributed by atoms with Crippen molar-refractivity contribution >= 4 is 12.0 Å². The van der Waals surface area contributed by atoms with Crippen LogP contribution in [0.3, 0.4) is 0 Å². The lowest BCUT2D eigenvalue weighted by atomic mass is 10.0. The van der Waals surface area contributed by atoms with Crippen molar-refractivity contribution in [3.63, 3.8) is 0 Å². The topological polar surface area (TPSA) is 87.7 Å². The summed E-state index contributed by atoms with van der Waals surface area (Å²) in [5.74, 6) is -0.946. The molecule has 6 nitrogen and oxygen atoms in total. The number of carbonyl (C=O) groups is 2. The highest BCUT2D eigenvalue weighted by atomic mass is 16.5. The summed E-state index contributed by atoms with van der Waals surface area (Å²) in [6, 6.07) is -0.386. The van der Waals surface area contributed by atoms with E-state index in [4.69, 9.17) is 9.84 Å². The lowest BCUT2D eigenvalue weighted by Gasteiger charge is -2.24. The normalized spacial score (nSPS) is 12.9. The molecule has 0 heterocycles. The number of rotatable bonds is 7. The van der Waals surface area contributed by atoms with E-state index in [1.807, 2.05) is 13.8 Å². The summed E-state index contributed by atoms with van der Waals surface area (Å²) in [5.41, 5.74) is -0.773. The van der Waals surface area contributed by atoms with Crippen LogP contribution < -0.4 is 10.6 Å². The summed E-state index contributed by atoms with van der Waals surface area (Å²) < 4.78 is 5.25. The maximum Gasteiger partial charge on any atom is 0.315 e. The SMILES string of the molecule is CCOC(C)CNC(=O)NC(C)(C)CC(=O)O. The number of ether oxygens (including phenoxy) is 1. The van der Waals surface area contributed by atoms with Crippen molar-refractivity contribution in [3.05, 3.63) is 0 Å². The summed E-state index contributed by atoms with van der Waals surface area (Å²) in [7, 11) is 0. The van der Waals surface area contributed by atoms with Crippen molar-refractivity contribution in [1.29, 1.82) is 0 Å². The predicted octanol–water partition coefficient (Wildman–Crippen LogP) is 0.964. The summed E-state index contributed by atoms with van der Waals surface area (Å²) in [4.78, 5) is 22.0. The van der Waals surface area contributed by atoms with Crippen LogP contribution in [-0.2, 0) is 9.53 Å². The highest BCUT2D eigenvalue weighted by molar-refractivity contribution is 5.76. The molecule has 6 heteroatoms. The molecule has 0 aromatic rings. The monoisotopic (exact) mass is 246 g/mol. The number of nitrogens with one attached hydrogen (secondary N) is 2. The molecule has 0 aromatic heterocycles. The van der Waals surface area contributed by atoms with Gasteiger partial charge in [0.25, 0.3) is 0 Å². The Kier molecular flexibility index (Phi) is 6.57. The van der Waals surface area contributed by atoms with E-state index in [0.717, 1.165) is 0 Å². The minimum atomic E-state index is -0.946. The van der Waals surface area contributed by atoms with Gasteiger partial charge in [-0.3, -0.25) is 4.79 Å². The van der Waals surface area contributed by atoms with Gasteiger partial charge in [0.1, 0.15) is 0 Å². The minimum Gasteiger partial charge on any atom is -0.481 e. The predicted molar refractivity (Wildman–Crippen MR) is 64.0 cm³/mol. The highest BCUT2D eigenvalue weighted by Crippen LogP contribution is 2.07. The van der Waals surface area contributed by atoms with E-state index in [0.29, 0.717) is 13.2 Å². The maximum absolute atomic E-state index is 11.5. The minimum absolute atomic E-state index is 0.0617. The molecule has 0 aliphatic rings. The molecule has 0 aliphatic carbocycles. The molecule has 3 N–H and O–H groups in total. The van der Waals surface area contributed by atoms with Crippen LogP contribution in [0.2, 0.25) is 0 Å². The zero-order valence-electron chi connectivity index (χ0n) is 10.9. The Morgan fingerprint density at radius 2 is 2.00 bits per heavy atom. The van der Waals surface area contributed by atoms with Crippen LogP contribution in [0.15, 0.2) is 0 Å². The van der Waals surface area contributed by atoms with Gasteiger partial charge in [-0.25, -0.2) is 4.79 Å². The zero-order chi connectivity index (χ0) is 13.5. The number of carboxylic acids is 1. The van der Waals surface area contributed by atoms with E-state index in [-0.39, 0.29) is 18.6 Å². The molecule has 0 spiro atoms. The lowest BCUT2D eigenvalue weighted by molar-refractivity contribution is -0.138. The van der Waals surface area contributed by atoms with Crippen LogP contribution in [0.25, 0.3) is 0 Å². The number of urea groups is 1. The van der Waals surface area contributed by atoms with Crippen LogP contribution >= 0.6 is 0 Å². The molecule has 17 heavy (non-hydrogen) atoms. The fourth-order valence-corrected chi connectivity index (χ4v) is 1.35. The van der Waals surface area contributed by atoms with E-state index in [1.165, 1.54) is 0 Å². The Bertz CT molecular complexity index is 266. The molecule has 0 aliphatic heterocycles. The van der Waals surface area contributed by atoms with Crippen LogP contribution in [0.4, 0.5) is 4.79 Å². The number of amides is 2. The molecule has 0 bridgehead atoms. The first kappa shape index (κ1) is 15.7. The average molecular weight is 246 g/mol. The van der Waals surface area contributed by atoms with Crippen molar-refractivity contribution in [1.82, 2.24) is 10.6 Å². The average Bonchev–Trinajstić information content (AvgIpc) is 2.12. The van der Waals surface area contributed by atoms with Crippen LogP contribution in [-0.4, -0.2) is 41.9 Å². The van der Waals surface area contributed by atoms with E-state index in [2.05, 4.69) is 10.6 Å². The third-order valence-corrected chi connectivity index (χ3v) is 2.05. The van der Waals surface area contributed by atoms with E-state index >= 15 is 0 Å². The first-order chi connectivity index (χ1) is 7.76. The molecular formula is C11H22N2O4. The molecule has 1 unspecified atom stereocenters. The van der Waals surface area contributed by atoms with Crippen LogP contribution in [0.1, 0.15) is 34.1 Å². The maximum atomic E-state index is 11.5. The summed E-state index contributed by atoms with van der Waals surface area (Å²) in [6.07, 6.45) is -0.185. The van der Waals surface area contributed by atoms with E-state index in [9.17, 15) is 9.59 Å². The van der Waals surface area contributed by atoms with Gasteiger partial charge in [0.2, 0.25) is 0 Å². The van der Waals surface area contributed by atoms with Crippen molar-refractivity contribution < 1.29 is 19.4 Å². The van der Waals surface area contributed by atoms with Gasteiger partial charge in [0, 0.05) is 18.7 Å².